The van der Waals surface area contributed by atoms with Crippen LogP contribution in [0.4, 0.5) is 13.2 Å². The molecule has 3 nitrogen and oxygen atoms in total. The summed E-state index contributed by atoms with van der Waals surface area (Å²) in [6.07, 6.45) is -3.79. The zero-order valence-corrected chi connectivity index (χ0v) is 10.4. The van der Waals surface area contributed by atoms with Gasteiger partial charge < -0.3 is 10.3 Å². The normalized spacial score (nSPS) is 15.4. The van der Waals surface area contributed by atoms with Crippen molar-refractivity contribution in [3.05, 3.63) is 34.2 Å². The van der Waals surface area contributed by atoms with Crippen LogP contribution in [0.2, 0.25) is 0 Å². The molecule has 1 heterocycles. The molecule has 0 aliphatic heterocycles. The monoisotopic (exact) mass is 262 g/mol. The Labute approximate surface area is 103 Å². The van der Waals surface area contributed by atoms with E-state index in [0.29, 0.717) is 4.57 Å². The predicted octanol–water partition coefficient (Wildman–Crippen LogP) is 2.24. The van der Waals surface area contributed by atoms with Crippen molar-refractivity contribution >= 4 is 0 Å². The molecular weight excluding hydrogens is 245 g/mol. The number of hydrogen-bond donors (Lipinski definition) is 1. The van der Waals surface area contributed by atoms with E-state index in [1.54, 1.807) is 0 Å². The van der Waals surface area contributed by atoms with Gasteiger partial charge >= 0.3 is 6.18 Å². The first kappa shape index (κ1) is 14.8. The van der Waals surface area contributed by atoms with Crippen molar-refractivity contribution in [1.29, 1.82) is 0 Å². The lowest BCUT2D eigenvalue weighted by Crippen LogP contribution is -2.38. The zero-order chi connectivity index (χ0) is 13.9. The van der Waals surface area contributed by atoms with Crippen molar-refractivity contribution in [2.24, 2.45) is 11.7 Å². The van der Waals surface area contributed by atoms with Crippen LogP contribution in [0.25, 0.3) is 0 Å². The number of nitrogens with zero attached hydrogens (tertiary/aromatic N) is 1. The fourth-order valence-electron chi connectivity index (χ4n) is 1.65. The van der Waals surface area contributed by atoms with Crippen LogP contribution in [0.3, 0.4) is 0 Å². The lowest BCUT2D eigenvalue weighted by atomic mass is 10.00. The topological polar surface area (TPSA) is 48.0 Å². The maximum Gasteiger partial charge on any atom is 0.431 e. The third-order valence-corrected chi connectivity index (χ3v) is 3.11. The Morgan fingerprint density at radius 3 is 2.50 bits per heavy atom. The molecule has 0 radical (unpaired) electrons. The van der Waals surface area contributed by atoms with Gasteiger partial charge in [0, 0.05) is 18.7 Å². The highest BCUT2D eigenvalue weighted by Gasteiger charge is 2.34. The minimum atomic E-state index is -4.55. The molecule has 0 aliphatic rings. The molecule has 6 heteroatoms. The lowest BCUT2D eigenvalue weighted by Gasteiger charge is -2.22. The van der Waals surface area contributed by atoms with Gasteiger partial charge in [-0.15, -0.1) is 0 Å². The summed E-state index contributed by atoms with van der Waals surface area (Å²) in [4.78, 5) is 11.5. The fourth-order valence-corrected chi connectivity index (χ4v) is 1.65. The summed E-state index contributed by atoms with van der Waals surface area (Å²) < 4.78 is 39.0. The molecule has 0 saturated heterocycles. The first-order valence-electron chi connectivity index (χ1n) is 5.80. The summed E-state index contributed by atoms with van der Waals surface area (Å²) in [6, 6.07) is 2.64. The van der Waals surface area contributed by atoms with E-state index in [1.807, 2.05) is 13.8 Å². The van der Waals surface area contributed by atoms with Crippen molar-refractivity contribution in [1.82, 2.24) is 4.57 Å². The first-order chi connectivity index (χ1) is 8.27. The summed E-state index contributed by atoms with van der Waals surface area (Å²) >= 11 is 0. The van der Waals surface area contributed by atoms with E-state index >= 15 is 0 Å². The van der Waals surface area contributed by atoms with E-state index in [0.717, 1.165) is 24.6 Å². The number of rotatable bonds is 4. The van der Waals surface area contributed by atoms with E-state index < -0.39 is 23.5 Å². The van der Waals surface area contributed by atoms with Gasteiger partial charge in [-0.2, -0.15) is 13.2 Å². The minimum absolute atomic E-state index is 0.0539. The molecular formula is C12H17F3N2O. The molecule has 2 N–H and O–H groups in total. The van der Waals surface area contributed by atoms with Gasteiger partial charge in [-0.25, -0.2) is 0 Å². The molecule has 1 aromatic rings. The summed E-state index contributed by atoms with van der Waals surface area (Å²) in [6.45, 7) is 3.64. The third-order valence-electron chi connectivity index (χ3n) is 3.11. The second-order valence-corrected chi connectivity index (χ2v) is 4.41. The van der Waals surface area contributed by atoms with Crippen molar-refractivity contribution in [2.45, 2.75) is 39.0 Å². The van der Waals surface area contributed by atoms with Crippen LogP contribution in [0.1, 0.15) is 26.0 Å². The van der Waals surface area contributed by atoms with Crippen molar-refractivity contribution in [3.63, 3.8) is 0 Å². The largest absolute Gasteiger partial charge is 0.431 e. The van der Waals surface area contributed by atoms with Crippen molar-refractivity contribution in [2.75, 3.05) is 0 Å². The number of nitrogens with two attached hydrogens (primary N) is 1. The Kier molecular flexibility index (Phi) is 4.56. The van der Waals surface area contributed by atoms with Crippen molar-refractivity contribution < 1.29 is 13.2 Å². The highest BCUT2D eigenvalue weighted by atomic mass is 19.4. The van der Waals surface area contributed by atoms with Gasteiger partial charge in [0.05, 0.1) is 0 Å². The van der Waals surface area contributed by atoms with Gasteiger partial charge in [0.25, 0.3) is 5.56 Å². The lowest BCUT2D eigenvalue weighted by molar-refractivity contribution is -0.144. The third kappa shape index (κ3) is 3.35. The molecule has 0 spiro atoms. The fraction of sp³-hybridized carbons (Fsp3) is 0.583. The van der Waals surface area contributed by atoms with E-state index in [1.165, 1.54) is 0 Å². The number of aromatic nitrogens is 1. The van der Waals surface area contributed by atoms with E-state index in [9.17, 15) is 18.0 Å². The summed E-state index contributed by atoms with van der Waals surface area (Å²) in [7, 11) is 0. The van der Waals surface area contributed by atoms with Gasteiger partial charge in [-0.1, -0.05) is 26.3 Å². The van der Waals surface area contributed by atoms with Crippen LogP contribution < -0.4 is 11.3 Å². The molecule has 102 valence electrons. The molecule has 18 heavy (non-hydrogen) atoms. The van der Waals surface area contributed by atoms with Crippen LogP contribution >= 0.6 is 0 Å². The maximum atomic E-state index is 12.8. The molecule has 2 unspecified atom stereocenters. The molecule has 0 bridgehead atoms. The average molecular weight is 262 g/mol. The summed E-state index contributed by atoms with van der Waals surface area (Å²) in [5.41, 5.74) is 4.19. The van der Waals surface area contributed by atoms with Gasteiger partial charge in [0.1, 0.15) is 5.69 Å². The first-order valence-corrected chi connectivity index (χ1v) is 5.80. The second kappa shape index (κ2) is 5.56. The standard InChI is InChI=1S/C12H17F3N2O/c1-3-8(2)9(16)7-17-10(12(13,14)15)5-4-6-11(17)18/h4-6,8-9H,3,7,16H2,1-2H3. The molecule has 0 amide bonds. The molecule has 0 aromatic carbocycles. The van der Waals surface area contributed by atoms with E-state index in [2.05, 4.69) is 0 Å². The molecule has 1 aromatic heterocycles. The zero-order valence-electron chi connectivity index (χ0n) is 10.4. The molecule has 0 aliphatic carbocycles. The van der Waals surface area contributed by atoms with Crippen molar-refractivity contribution in [3.8, 4) is 0 Å². The summed E-state index contributed by atoms with van der Waals surface area (Å²) in [5, 5.41) is 0. The predicted molar refractivity (Wildman–Crippen MR) is 63.1 cm³/mol. The Morgan fingerprint density at radius 1 is 1.39 bits per heavy atom. The van der Waals surface area contributed by atoms with Crippen LogP contribution in [0.15, 0.2) is 23.0 Å². The Balaban J connectivity index is 3.12. The molecule has 2 atom stereocenters. The van der Waals surface area contributed by atoms with E-state index in [4.69, 9.17) is 5.73 Å². The Morgan fingerprint density at radius 2 is 2.00 bits per heavy atom. The van der Waals surface area contributed by atoms with Gasteiger partial charge in [0.2, 0.25) is 0 Å². The van der Waals surface area contributed by atoms with Gasteiger partial charge in [-0.05, 0) is 12.0 Å². The van der Waals surface area contributed by atoms with Crippen LogP contribution in [-0.2, 0) is 12.7 Å². The highest BCUT2D eigenvalue weighted by Crippen LogP contribution is 2.28. The number of halogens is 3. The highest BCUT2D eigenvalue weighted by molar-refractivity contribution is 5.10. The molecule has 0 fully saturated rings. The molecule has 0 saturated carbocycles. The van der Waals surface area contributed by atoms with E-state index in [-0.39, 0.29) is 12.5 Å². The van der Waals surface area contributed by atoms with Gasteiger partial charge in [-0.3, -0.25) is 4.79 Å². The molecule has 1 rings (SSSR count). The van der Waals surface area contributed by atoms with Crippen LogP contribution in [0, 0.1) is 5.92 Å². The van der Waals surface area contributed by atoms with Crippen LogP contribution in [-0.4, -0.2) is 10.6 Å². The summed E-state index contributed by atoms with van der Waals surface area (Å²) in [5.74, 6) is 0.0539. The second-order valence-electron chi connectivity index (χ2n) is 4.41. The van der Waals surface area contributed by atoms with Crippen LogP contribution in [0.5, 0.6) is 0 Å². The maximum absolute atomic E-state index is 12.8. The quantitative estimate of drug-likeness (QED) is 0.904. The number of hydrogen-bond acceptors (Lipinski definition) is 2. The number of pyridine rings is 1. The van der Waals surface area contributed by atoms with Gasteiger partial charge in [0.15, 0.2) is 0 Å². The average Bonchev–Trinajstić information content (AvgIpc) is 2.29. The minimum Gasteiger partial charge on any atom is -0.326 e. The number of alkyl halides is 3. The smallest absolute Gasteiger partial charge is 0.326 e. The SMILES string of the molecule is CCC(C)C(N)Cn1c(C(F)(F)F)cccc1=O. The Bertz CT molecular complexity index is 453. The Hall–Kier alpha value is -1.30.